The van der Waals surface area contributed by atoms with E-state index in [1.54, 1.807) is 0 Å². The molecule has 0 aromatic heterocycles. The fraction of sp³-hybridized carbons (Fsp3) is 0.600. The standard InChI is InChI=1S/C15H23ClN2O/c1-11(17)9-12-5-4-6-13(16)14(12)18-7-8-19-10-15(18,2)3/h4-6,11H,7-10,17H2,1-3H3. The molecule has 1 saturated heterocycles. The molecule has 1 fully saturated rings. The van der Waals surface area contributed by atoms with Gasteiger partial charge in [0.05, 0.1) is 29.5 Å². The molecule has 0 spiro atoms. The number of rotatable bonds is 3. The van der Waals surface area contributed by atoms with E-state index < -0.39 is 0 Å². The Balaban J connectivity index is 2.42. The van der Waals surface area contributed by atoms with Crippen LogP contribution >= 0.6 is 11.6 Å². The largest absolute Gasteiger partial charge is 0.377 e. The summed E-state index contributed by atoms with van der Waals surface area (Å²) in [6.07, 6.45) is 0.837. The first-order valence-corrected chi connectivity index (χ1v) is 7.18. The predicted octanol–water partition coefficient (Wildman–Crippen LogP) is 2.84. The number of nitrogens with zero attached hydrogens (tertiary/aromatic N) is 1. The van der Waals surface area contributed by atoms with Crippen molar-refractivity contribution in [2.75, 3.05) is 24.7 Å². The van der Waals surface area contributed by atoms with Gasteiger partial charge in [0, 0.05) is 12.6 Å². The van der Waals surface area contributed by atoms with Crippen LogP contribution in [0.2, 0.25) is 5.02 Å². The molecule has 1 aliphatic heterocycles. The maximum absolute atomic E-state index is 6.45. The molecule has 0 amide bonds. The smallest absolute Gasteiger partial charge is 0.0694 e. The molecule has 1 aromatic carbocycles. The van der Waals surface area contributed by atoms with Gasteiger partial charge < -0.3 is 15.4 Å². The molecule has 2 N–H and O–H groups in total. The highest BCUT2D eigenvalue weighted by Gasteiger charge is 2.33. The van der Waals surface area contributed by atoms with Crippen molar-refractivity contribution in [2.45, 2.75) is 38.8 Å². The van der Waals surface area contributed by atoms with Gasteiger partial charge in [0.2, 0.25) is 0 Å². The van der Waals surface area contributed by atoms with Gasteiger partial charge in [-0.15, -0.1) is 0 Å². The Hall–Kier alpha value is -0.770. The SMILES string of the molecule is CC(N)Cc1cccc(Cl)c1N1CCOCC1(C)C. The van der Waals surface area contributed by atoms with Crippen molar-refractivity contribution in [3.8, 4) is 0 Å². The van der Waals surface area contributed by atoms with E-state index in [-0.39, 0.29) is 11.6 Å². The first-order chi connectivity index (χ1) is 8.92. The third-order valence-corrected chi connectivity index (χ3v) is 3.83. The Morgan fingerprint density at radius 2 is 2.21 bits per heavy atom. The van der Waals surface area contributed by atoms with Gasteiger partial charge in [-0.3, -0.25) is 0 Å². The molecule has 4 heteroatoms. The molecule has 0 bridgehead atoms. The Bertz CT molecular complexity index is 446. The molecule has 19 heavy (non-hydrogen) atoms. The number of morpholine rings is 1. The van der Waals surface area contributed by atoms with Gasteiger partial charge in [0.25, 0.3) is 0 Å². The van der Waals surface area contributed by atoms with Crippen molar-refractivity contribution in [3.63, 3.8) is 0 Å². The second kappa shape index (κ2) is 5.70. The summed E-state index contributed by atoms with van der Waals surface area (Å²) >= 11 is 6.45. The summed E-state index contributed by atoms with van der Waals surface area (Å²) in [4.78, 5) is 2.36. The van der Waals surface area contributed by atoms with Gasteiger partial charge in [-0.2, -0.15) is 0 Å². The molecule has 0 radical (unpaired) electrons. The highest BCUT2D eigenvalue weighted by Crippen LogP contribution is 2.36. The zero-order chi connectivity index (χ0) is 14.0. The van der Waals surface area contributed by atoms with Crippen LogP contribution in [-0.2, 0) is 11.2 Å². The molecule has 106 valence electrons. The molecular weight excluding hydrogens is 260 g/mol. The van der Waals surface area contributed by atoms with Crippen molar-refractivity contribution in [1.82, 2.24) is 0 Å². The molecule has 1 aromatic rings. The highest BCUT2D eigenvalue weighted by molar-refractivity contribution is 6.33. The Labute approximate surface area is 120 Å². The lowest BCUT2D eigenvalue weighted by atomic mass is 9.97. The van der Waals surface area contributed by atoms with E-state index in [9.17, 15) is 0 Å². The number of ether oxygens (including phenoxy) is 1. The third-order valence-electron chi connectivity index (χ3n) is 3.53. The van der Waals surface area contributed by atoms with Crippen LogP contribution in [0.4, 0.5) is 5.69 Å². The minimum absolute atomic E-state index is 0.0458. The molecule has 1 atom stereocenters. The Kier molecular flexibility index (Phi) is 4.39. The molecule has 1 heterocycles. The number of hydrogen-bond acceptors (Lipinski definition) is 3. The molecular formula is C15H23ClN2O. The Morgan fingerprint density at radius 1 is 1.47 bits per heavy atom. The predicted molar refractivity (Wildman–Crippen MR) is 81.0 cm³/mol. The van der Waals surface area contributed by atoms with Gasteiger partial charge in [0.1, 0.15) is 0 Å². The van der Waals surface area contributed by atoms with Gasteiger partial charge in [-0.1, -0.05) is 23.7 Å². The minimum atomic E-state index is -0.0458. The molecule has 3 nitrogen and oxygen atoms in total. The van der Waals surface area contributed by atoms with Crippen LogP contribution in [0.1, 0.15) is 26.3 Å². The second-order valence-electron chi connectivity index (χ2n) is 5.95. The van der Waals surface area contributed by atoms with Gasteiger partial charge in [-0.05, 0) is 38.8 Å². The number of nitrogens with two attached hydrogens (primary N) is 1. The molecule has 1 unspecified atom stereocenters. The summed E-state index contributed by atoms with van der Waals surface area (Å²) in [6, 6.07) is 6.20. The van der Waals surface area contributed by atoms with Crippen molar-refractivity contribution >= 4 is 17.3 Å². The summed E-state index contributed by atoms with van der Waals surface area (Å²) in [7, 11) is 0. The van der Waals surface area contributed by atoms with E-state index in [4.69, 9.17) is 22.1 Å². The van der Waals surface area contributed by atoms with Crippen molar-refractivity contribution in [2.24, 2.45) is 5.73 Å². The lowest BCUT2D eigenvalue weighted by Gasteiger charge is -2.45. The molecule has 2 rings (SSSR count). The normalized spacial score (nSPS) is 20.4. The number of benzene rings is 1. The van der Waals surface area contributed by atoms with Crippen molar-refractivity contribution in [3.05, 3.63) is 28.8 Å². The van der Waals surface area contributed by atoms with E-state index in [0.29, 0.717) is 0 Å². The van der Waals surface area contributed by atoms with Crippen LogP contribution in [0.5, 0.6) is 0 Å². The summed E-state index contributed by atoms with van der Waals surface area (Å²) < 4.78 is 5.59. The fourth-order valence-electron chi connectivity index (χ4n) is 2.65. The van der Waals surface area contributed by atoms with E-state index in [1.165, 1.54) is 5.56 Å². The van der Waals surface area contributed by atoms with E-state index in [1.807, 2.05) is 19.1 Å². The molecule has 0 saturated carbocycles. The highest BCUT2D eigenvalue weighted by atomic mass is 35.5. The lowest BCUT2D eigenvalue weighted by Crippen LogP contribution is -2.53. The van der Waals surface area contributed by atoms with Crippen molar-refractivity contribution < 1.29 is 4.74 Å². The average Bonchev–Trinajstić information content (AvgIpc) is 2.29. The van der Waals surface area contributed by atoms with E-state index in [2.05, 4.69) is 24.8 Å². The second-order valence-corrected chi connectivity index (χ2v) is 6.35. The summed E-state index contributed by atoms with van der Waals surface area (Å²) in [5.41, 5.74) is 8.25. The minimum Gasteiger partial charge on any atom is -0.377 e. The summed E-state index contributed by atoms with van der Waals surface area (Å²) in [6.45, 7) is 8.72. The van der Waals surface area contributed by atoms with Crippen LogP contribution in [0, 0.1) is 0 Å². The maximum atomic E-state index is 6.45. The van der Waals surface area contributed by atoms with Gasteiger partial charge in [0.15, 0.2) is 0 Å². The first-order valence-electron chi connectivity index (χ1n) is 6.80. The zero-order valence-electron chi connectivity index (χ0n) is 11.9. The third kappa shape index (κ3) is 3.22. The van der Waals surface area contributed by atoms with Crippen LogP contribution < -0.4 is 10.6 Å². The fourth-order valence-corrected chi connectivity index (χ4v) is 2.94. The topological polar surface area (TPSA) is 38.5 Å². The lowest BCUT2D eigenvalue weighted by molar-refractivity contribution is 0.0643. The number of hydrogen-bond donors (Lipinski definition) is 1. The number of anilines is 1. The van der Waals surface area contributed by atoms with Gasteiger partial charge in [-0.25, -0.2) is 0 Å². The Morgan fingerprint density at radius 3 is 2.84 bits per heavy atom. The number of halogens is 1. The van der Waals surface area contributed by atoms with E-state index >= 15 is 0 Å². The van der Waals surface area contributed by atoms with Crippen LogP contribution in [0.15, 0.2) is 18.2 Å². The molecule has 1 aliphatic rings. The summed E-state index contributed by atoms with van der Waals surface area (Å²) in [5, 5.41) is 0.799. The van der Waals surface area contributed by atoms with Gasteiger partial charge >= 0.3 is 0 Å². The monoisotopic (exact) mass is 282 g/mol. The number of para-hydroxylation sites is 1. The van der Waals surface area contributed by atoms with Crippen molar-refractivity contribution in [1.29, 1.82) is 0 Å². The quantitative estimate of drug-likeness (QED) is 0.926. The van der Waals surface area contributed by atoms with E-state index in [0.717, 1.165) is 36.9 Å². The molecule has 0 aliphatic carbocycles. The maximum Gasteiger partial charge on any atom is 0.0694 e. The average molecular weight is 283 g/mol. The van der Waals surface area contributed by atoms with Crippen LogP contribution in [0.3, 0.4) is 0 Å². The first kappa shape index (κ1) is 14.6. The van der Waals surface area contributed by atoms with Crippen LogP contribution in [0.25, 0.3) is 0 Å². The zero-order valence-corrected chi connectivity index (χ0v) is 12.7. The van der Waals surface area contributed by atoms with Crippen LogP contribution in [-0.4, -0.2) is 31.3 Å². The summed E-state index contributed by atoms with van der Waals surface area (Å²) in [5.74, 6) is 0.